The van der Waals surface area contributed by atoms with E-state index in [1.807, 2.05) is 29.2 Å². The third-order valence-corrected chi connectivity index (χ3v) is 5.66. The molecule has 0 radical (unpaired) electrons. The molecule has 0 unspecified atom stereocenters. The zero-order chi connectivity index (χ0) is 17.9. The maximum absolute atomic E-state index is 13.0. The second kappa shape index (κ2) is 7.61. The van der Waals surface area contributed by atoms with Gasteiger partial charge in [0, 0.05) is 55.7 Å². The molecule has 0 N–H and O–H groups in total. The molecule has 2 aromatic heterocycles. The van der Waals surface area contributed by atoms with Gasteiger partial charge in [0.1, 0.15) is 5.58 Å². The number of fused-ring (bicyclic) bond motifs is 1. The Morgan fingerprint density at radius 3 is 2.69 bits per heavy atom. The van der Waals surface area contributed by atoms with Crippen molar-refractivity contribution in [3.05, 3.63) is 58.0 Å². The van der Waals surface area contributed by atoms with E-state index < -0.39 is 0 Å². The molecule has 0 atom stereocenters. The molecule has 6 heteroatoms. The van der Waals surface area contributed by atoms with Gasteiger partial charge in [0.2, 0.25) is 0 Å². The molecule has 3 heterocycles. The second-order valence-electron chi connectivity index (χ2n) is 6.49. The fourth-order valence-corrected chi connectivity index (χ4v) is 4.18. The lowest BCUT2D eigenvalue weighted by atomic mass is 10.1. The number of para-hydroxylation sites is 1. The van der Waals surface area contributed by atoms with E-state index in [2.05, 4.69) is 22.4 Å². The molecule has 1 amide bonds. The van der Waals surface area contributed by atoms with Crippen LogP contribution < -0.4 is 0 Å². The van der Waals surface area contributed by atoms with Crippen molar-refractivity contribution in [1.82, 2.24) is 9.80 Å². The Hall–Kier alpha value is -2.15. The standard InChI is InChI=1S/C20H22N2O3S/c1-24-14-17-16-6-2-3-7-18(16)25-19(17)20(23)22-10-8-21(9-11-22)13-15-5-4-12-26-15/h2-7,12H,8-11,13-14H2,1H3. The van der Waals surface area contributed by atoms with Gasteiger partial charge in [-0.15, -0.1) is 11.3 Å². The largest absolute Gasteiger partial charge is 0.451 e. The number of amides is 1. The van der Waals surface area contributed by atoms with Crippen molar-refractivity contribution < 1.29 is 13.9 Å². The van der Waals surface area contributed by atoms with E-state index >= 15 is 0 Å². The van der Waals surface area contributed by atoms with Gasteiger partial charge in [-0.05, 0) is 17.5 Å². The van der Waals surface area contributed by atoms with Crippen LogP contribution in [0.4, 0.5) is 0 Å². The zero-order valence-electron chi connectivity index (χ0n) is 14.8. The Bertz CT molecular complexity index is 880. The first-order chi connectivity index (χ1) is 12.8. The highest BCUT2D eigenvalue weighted by atomic mass is 32.1. The molecule has 0 bridgehead atoms. The molecule has 3 aromatic rings. The van der Waals surface area contributed by atoms with Gasteiger partial charge in [0.25, 0.3) is 5.91 Å². The number of piperazine rings is 1. The van der Waals surface area contributed by atoms with E-state index in [0.29, 0.717) is 25.5 Å². The third kappa shape index (κ3) is 3.40. The van der Waals surface area contributed by atoms with Gasteiger partial charge in [-0.3, -0.25) is 9.69 Å². The van der Waals surface area contributed by atoms with Crippen LogP contribution in [-0.2, 0) is 17.9 Å². The van der Waals surface area contributed by atoms with Gasteiger partial charge in [0.15, 0.2) is 5.76 Å². The average molecular weight is 370 g/mol. The summed E-state index contributed by atoms with van der Waals surface area (Å²) in [5, 5.41) is 3.06. The predicted molar refractivity (Wildman–Crippen MR) is 102 cm³/mol. The third-order valence-electron chi connectivity index (χ3n) is 4.80. The number of methoxy groups -OCH3 is 1. The number of thiophene rings is 1. The van der Waals surface area contributed by atoms with E-state index in [9.17, 15) is 4.79 Å². The Morgan fingerprint density at radius 1 is 1.15 bits per heavy atom. The maximum atomic E-state index is 13.0. The molecule has 4 rings (SSSR count). The van der Waals surface area contributed by atoms with Crippen molar-refractivity contribution in [2.75, 3.05) is 33.3 Å². The monoisotopic (exact) mass is 370 g/mol. The molecule has 0 aliphatic carbocycles. The first-order valence-electron chi connectivity index (χ1n) is 8.79. The van der Waals surface area contributed by atoms with Crippen LogP contribution in [0.3, 0.4) is 0 Å². The predicted octanol–water partition coefficient (Wildman–Crippen LogP) is 3.60. The molecular weight excluding hydrogens is 348 g/mol. The number of hydrogen-bond donors (Lipinski definition) is 0. The summed E-state index contributed by atoms with van der Waals surface area (Å²) in [7, 11) is 1.64. The van der Waals surface area contributed by atoms with Crippen LogP contribution in [-0.4, -0.2) is 49.0 Å². The van der Waals surface area contributed by atoms with Crippen LogP contribution in [0.1, 0.15) is 21.0 Å². The molecule has 1 aliphatic rings. The van der Waals surface area contributed by atoms with Gasteiger partial charge in [0.05, 0.1) is 6.61 Å². The van der Waals surface area contributed by atoms with Crippen molar-refractivity contribution in [3.63, 3.8) is 0 Å². The van der Waals surface area contributed by atoms with Gasteiger partial charge in [-0.1, -0.05) is 24.3 Å². The number of benzene rings is 1. The number of carbonyl (C=O) groups excluding carboxylic acids is 1. The molecule has 1 aromatic carbocycles. The highest BCUT2D eigenvalue weighted by Gasteiger charge is 2.28. The first kappa shape index (κ1) is 17.3. The quantitative estimate of drug-likeness (QED) is 0.688. The van der Waals surface area contributed by atoms with E-state index in [1.165, 1.54) is 4.88 Å². The Labute approximate surface area is 156 Å². The Balaban J connectivity index is 1.48. The van der Waals surface area contributed by atoms with Crippen LogP contribution in [0.5, 0.6) is 0 Å². The van der Waals surface area contributed by atoms with Crippen molar-refractivity contribution in [2.24, 2.45) is 0 Å². The molecule has 1 aliphatic heterocycles. The molecule has 0 spiro atoms. The summed E-state index contributed by atoms with van der Waals surface area (Å²) >= 11 is 1.78. The molecule has 136 valence electrons. The van der Waals surface area contributed by atoms with Gasteiger partial charge in [-0.2, -0.15) is 0 Å². The summed E-state index contributed by atoms with van der Waals surface area (Å²) in [5.74, 6) is 0.379. The number of nitrogens with zero attached hydrogens (tertiary/aromatic N) is 2. The van der Waals surface area contributed by atoms with Crippen LogP contribution in [0.25, 0.3) is 11.0 Å². The maximum Gasteiger partial charge on any atom is 0.290 e. The number of ether oxygens (including phenoxy) is 1. The summed E-state index contributed by atoms with van der Waals surface area (Å²) in [6.07, 6.45) is 0. The second-order valence-corrected chi connectivity index (χ2v) is 7.52. The Morgan fingerprint density at radius 2 is 1.96 bits per heavy atom. The van der Waals surface area contributed by atoms with Gasteiger partial charge < -0.3 is 14.1 Å². The SMILES string of the molecule is COCc1c(C(=O)N2CCN(Cc3cccs3)CC2)oc2ccccc12. The van der Waals surface area contributed by atoms with Crippen molar-refractivity contribution >= 4 is 28.2 Å². The molecular formula is C20H22N2O3S. The minimum absolute atomic E-state index is 0.0379. The molecule has 5 nitrogen and oxygen atoms in total. The molecule has 1 saturated heterocycles. The average Bonchev–Trinajstić information content (AvgIpc) is 3.30. The summed E-state index contributed by atoms with van der Waals surface area (Å²) in [6, 6.07) is 12.0. The number of rotatable bonds is 5. The fourth-order valence-electron chi connectivity index (χ4n) is 3.43. The van der Waals surface area contributed by atoms with E-state index in [4.69, 9.17) is 9.15 Å². The minimum Gasteiger partial charge on any atom is -0.451 e. The Kier molecular flexibility index (Phi) is 5.06. The molecule has 26 heavy (non-hydrogen) atoms. The lowest BCUT2D eigenvalue weighted by Crippen LogP contribution is -2.48. The first-order valence-corrected chi connectivity index (χ1v) is 9.67. The number of furan rings is 1. The van der Waals surface area contributed by atoms with Gasteiger partial charge in [-0.25, -0.2) is 0 Å². The normalized spacial score (nSPS) is 15.7. The van der Waals surface area contributed by atoms with Crippen LogP contribution in [0.2, 0.25) is 0 Å². The van der Waals surface area contributed by atoms with Crippen molar-refractivity contribution in [2.45, 2.75) is 13.2 Å². The smallest absolute Gasteiger partial charge is 0.290 e. The summed E-state index contributed by atoms with van der Waals surface area (Å²) in [4.78, 5) is 18.7. The van der Waals surface area contributed by atoms with Crippen molar-refractivity contribution in [1.29, 1.82) is 0 Å². The minimum atomic E-state index is -0.0379. The number of carbonyl (C=O) groups is 1. The summed E-state index contributed by atoms with van der Waals surface area (Å²) in [6.45, 7) is 4.52. The highest BCUT2D eigenvalue weighted by Crippen LogP contribution is 2.28. The lowest BCUT2D eigenvalue weighted by molar-refractivity contribution is 0.0595. The van der Waals surface area contributed by atoms with Crippen molar-refractivity contribution in [3.8, 4) is 0 Å². The van der Waals surface area contributed by atoms with Gasteiger partial charge >= 0.3 is 0 Å². The molecule has 1 fully saturated rings. The van der Waals surface area contributed by atoms with Crippen LogP contribution in [0, 0.1) is 0 Å². The molecule has 0 saturated carbocycles. The topological polar surface area (TPSA) is 45.9 Å². The van der Waals surface area contributed by atoms with Crippen LogP contribution in [0.15, 0.2) is 46.2 Å². The van der Waals surface area contributed by atoms with E-state index in [1.54, 1.807) is 18.4 Å². The summed E-state index contributed by atoms with van der Waals surface area (Å²) < 4.78 is 11.2. The van der Waals surface area contributed by atoms with E-state index in [-0.39, 0.29) is 5.91 Å². The van der Waals surface area contributed by atoms with Crippen LogP contribution >= 0.6 is 11.3 Å². The fraction of sp³-hybridized carbons (Fsp3) is 0.350. The highest BCUT2D eigenvalue weighted by molar-refractivity contribution is 7.09. The lowest BCUT2D eigenvalue weighted by Gasteiger charge is -2.34. The summed E-state index contributed by atoms with van der Waals surface area (Å²) in [5.41, 5.74) is 1.58. The number of hydrogen-bond acceptors (Lipinski definition) is 5. The zero-order valence-corrected chi connectivity index (χ0v) is 15.6. The van der Waals surface area contributed by atoms with E-state index in [0.717, 1.165) is 36.2 Å².